The van der Waals surface area contributed by atoms with E-state index in [-0.39, 0.29) is 25.9 Å². The van der Waals surface area contributed by atoms with Gasteiger partial charge in [0.2, 0.25) is 0 Å². The van der Waals surface area contributed by atoms with Crippen LogP contribution in [0.4, 0.5) is 0 Å². The van der Waals surface area contributed by atoms with Crippen LogP contribution in [0.1, 0.15) is 33.6 Å². The van der Waals surface area contributed by atoms with Crippen LogP contribution in [0.3, 0.4) is 0 Å². The Morgan fingerprint density at radius 2 is 1.84 bits per heavy atom. The summed E-state index contributed by atoms with van der Waals surface area (Å²) in [6.07, 6.45) is 1.81. The average molecular weight is 291 g/mol. The van der Waals surface area contributed by atoms with E-state index in [4.69, 9.17) is 4.18 Å². The van der Waals surface area contributed by atoms with Gasteiger partial charge in [-0.25, -0.2) is 0 Å². The van der Waals surface area contributed by atoms with Gasteiger partial charge in [-0.05, 0) is 33.6 Å². The molecule has 0 aromatic carbocycles. The summed E-state index contributed by atoms with van der Waals surface area (Å²) in [5.74, 6) is -0.962. The fourth-order valence-electron chi connectivity index (χ4n) is 1.98. The molecule has 0 unspecified atom stereocenters. The van der Waals surface area contributed by atoms with E-state index >= 15 is 0 Å². The number of carboxylic acid groups (broad SMARTS) is 1. The molecule has 0 aliphatic carbocycles. The van der Waals surface area contributed by atoms with Crippen molar-refractivity contribution in [2.75, 3.05) is 13.1 Å². The van der Waals surface area contributed by atoms with Crippen LogP contribution in [0.15, 0.2) is 12.7 Å². The molecular weight excluding hydrogens is 270 g/mol. The normalized spacial score (nSPS) is 21.0. The van der Waals surface area contributed by atoms with Crippen molar-refractivity contribution in [2.45, 2.75) is 39.2 Å². The van der Waals surface area contributed by atoms with Gasteiger partial charge >= 0.3 is 16.3 Å². The fourth-order valence-corrected chi connectivity index (χ4v) is 3.35. The lowest BCUT2D eigenvalue weighted by molar-refractivity contribution is -0.148. The number of nitrogens with zero attached hydrogens (tertiary/aromatic N) is 1. The molecule has 1 heterocycles. The van der Waals surface area contributed by atoms with E-state index < -0.39 is 27.3 Å². The van der Waals surface area contributed by atoms with Crippen molar-refractivity contribution >= 4 is 16.3 Å². The van der Waals surface area contributed by atoms with Crippen LogP contribution in [0.2, 0.25) is 0 Å². The van der Waals surface area contributed by atoms with Gasteiger partial charge in [0.05, 0.1) is 11.0 Å². The number of rotatable bonds is 4. The molecule has 19 heavy (non-hydrogen) atoms. The van der Waals surface area contributed by atoms with E-state index in [0.717, 1.165) is 0 Å². The molecule has 1 saturated heterocycles. The minimum Gasteiger partial charge on any atom is -0.481 e. The molecule has 0 amide bonds. The summed E-state index contributed by atoms with van der Waals surface area (Å²) in [6, 6.07) is 0. The minimum atomic E-state index is -3.82. The molecule has 0 bridgehead atoms. The van der Waals surface area contributed by atoms with Gasteiger partial charge in [0, 0.05) is 13.1 Å². The first kappa shape index (κ1) is 16.1. The first-order valence-corrected chi connectivity index (χ1v) is 7.47. The Morgan fingerprint density at radius 1 is 1.37 bits per heavy atom. The predicted octanol–water partition coefficient (Wildman–Crippen LogP) is 1.40. The molecule has 0 radical (unpaired) electrons. The molecule has 1 aliphatic rings. The summed E-state index contributed by atoms with van der Waals surface area (Å²) in [7, 11) is -3.82. The van der Waals surface area contributed by atoms with Crippen molar-refractivity contribution in [3.63, 3.8) is 0 Å². The Bertz CT molecular complexity index is 455. The second-order valence-electron chi connectivity index (χ2n) is 5.72. The summed E-state index contributed by atoms with van der Waals surface area (Å²) in [4.78, 5) is 11.2. The third kappa shape index (κ3) is 3.77. The lowest BCUT2D eigenvalue weighted by Crippen LogP contribution is -2.47. The van der Waals surface area contributed by atoms with Crippen LogP contribution in [0.5, 0.6) is 0 Å². The van der Waals surface area contributed by atoms with Crippen molar-refractivity contribution < 1.29 is 22.5 Å². The maximum atomic E-state index is 12.0. The summed E-state index contributed by atoms with van der Waals surface area (Å²) < 4.78 is 30.2. The molecule has 0 saturated carbocycles. The monoisotopic (exact) mass is 291 g/mol. The Morgan fingerprint density at radius 3 is 2.16 bits per heavy atom. The fraction of sp³-hybridized carbons (Fsp3) is 0.750. The number of aliphatic carboxylic acids is 1. The Labute approximate surface area is 114 Å². The lowest BCUT2D eigenvalue weighted by Gasteiger charge is -2.36. The molecule has 0 aromatic rings. The van der Waals surface area contributed by atoms with E-state index in [0.29, 0.717) is 0 Å². The standard InChI is InChI=1S/C12H21NO5S/c1-5-12(10(14)15)6-8-13(9-7-12)19(16,17)18-11(2,3)4/h5H,1,6-9H2,2-4H3,(H,14,15). The van der Waals surface area contributed by atoms with E-state index in [1.165, 1.54) is 10.4 Å². The first-order valence-electron chi connectivity index (χ1n) is 6.10. The molecule has 1 rings (SSSR count). The molecular formula is C12H21NO5S. The minimum absolute atomic E-state index is 0.122. The average Bonchev–Trinajstić information content (AvgIpc) is 2.25. The molecule has 0 aromatic heterocycles. The summed E-state index contributed by atoms with van der Waals surface area (Å²) in [6.45, 7) is 8.75. The molecule has 1 aliphatic heterocycles. The smallest absolute Gasteiger partial charge is 0.338 e. The number of hydrogen-bond donors (Lipinski definition) is 1. The van der Waals surface area contributed by atoms with E-state index in [9.17, 15) is 18.3 Å². The molecule has 1 N–H and O–H groups in total. The highest BCUT2D eigenvalue weighted by molar-refractivity contribution is 7.84. The molecule has 1 fully saturated rings. The Hall–Kier alpha value is -0.920. The number of carbonyl (C=O) groups is 1. The lowest BCUT2D eigenvalue weighted by atomic mass is 9.79. The van der Waals surface area contributed by atoms with E-state index in [1.807, 2.05) is 0 Å². The van der Waals surface area contributed by atoms with Crippen LogP contribution in [0, 0.1) is 5.41 Å². The molecule has 7 heteroatoms. The highest BCUT2D eigenvalue weighted by atomic mass is 32.2. The second kappa shape index (κ2) is 5.22. The summed E-state index contributed by atoms with van der Waals surface area (Å²) in [5, 5.41) is 9.19. The van der Waals surface area contributed by atoms with Crippen LogP contribution in [0.25, 0.3) is 0 Å². The van der Waals surface area contributed by atoms with E-state index in [2.05, 4.69) is 6.58 Å². The van der Waals surface area contributed by atoms with Crippen molar-refractivity contribution in [3.8, 4) is 0 Å². The third-order valence-corrected chi connectivity index (χ3v) is 4.81. The zero-order chi connectivity index (χ0) is 14.9. The summed E-state index contributed by atoms with van der Waals surface area (Å²) >= 11 is 0. The first-order chi connectivity index (χ1) is 8.52. The maximum Gasteiger partial charge on any atom is 0.338 e. The van der Waals surface area contributed by atoms with Crippen molar-refractivity contribution in [1.82, 2.24) is 4.31 Å². The topological polar surface area (TPSA) is 83.9 Å². The van der Waals surface area contributed by atoms with Crippen molar-refractivity contribution in [1.29, 1.82) is 0 Å². The quantitative estimate of drug-likeness (QED) is 0.791. The highest BCUT2D eigenvalue weighted by Crippen LogP contribution is 2.34. The molecule has 6 nitrogen and oxygen atoms in total. The van der Waals surface area contributed by atoms with Gasteiger partial charge in [0.25, 0.3) is 0 Å². The second-order valence-corrected chi connectivity index (χ2v) is 7.26. The van der Waals surface area contributed by atoms with Crippen LogP contribution < -0.4 is 0 Å². The number of hydrogen-bond acceptors (Lipinski definition) is 4. The van der Waals surface area contributed by atoms with Crippen molar-refractivity contribution in [2.24, 2.45) is 5.41 Å². The van der Waals surface area contributed by atoms with E-state index in [1.54, 1.807) is 20.8 Å². The van der Waals surface area contributed by atoms with Gasteiger partial charge in [0.1, 0.15) is 0 Å². The van der Waals surface area contributed by atoms with Gasteiger partial charge in [0.15, 0.2) is 0 Å². The SMILES string of the molecule is C=CC1(C(=O)O)CCN(S(=O)(=O)OC(C)(C)C)CC1. The molecule has 110 valence electrons. The predicted molar refractivity (Wildman–Crippen MR) is 70.8 cm³/mol. The van der Waals surface area contributed by atoms with Crippen molar-refractivity contribution in [3.05, 3.63) is 12.7 Å². The Kier molecular flexibility index (Phi) is 4.44. The van der Waals surface area contributed by atoms with Crippen LogP contribution in [-0.4, -0.2) is 42.5 Å². The molecule has 0 atom stereocenters. The van der Waals surface area contributed by atoms with Gasteiger partial charge in [-0.15, -0.1) is 6.58 Å². The van der Waals surface area contributed by atoms with Crippen LogP contribution >= 0.6 is 0 Å². The van der Waals surface area contributed by atoms with Gasteiger partial charge in [-0.1, -0.05) is 6.08 Å². The largest absolute Gasteiger partial charge is 0.481 e. The maximum absolute atomic E-state index is 12.0. The third-order valence-electron chi connectivity index (χ3n) is 3.10. The highest BCUT2D eigenvalue weighted by Gasteiger charge is 2.42. The number of carboxylic acids is 1. The molecule has 0 spiro atoms. The van der Waals surface area contributed by atoms with Crippen LogP contribution in [-0.2, 0) is 19.3 Å². The zero-order valence-corrected chi connectivity index (χ0v) is 12.4. The van der Waals surface area contributed by atoms with Gasteiger partial charge in [-0.3, -0.25) is 8.98 Å². The van der Waals surface area contributed by atoms with Gasteiger partial charge in [-0.2, -0.15) is 12.7 Å². The zero-order valence-electron chi connectivity index (χ0n) is 11.5. The Balaban J connectivity index is 2.79. The number of piperidine rings is 1. The summed E-state index contributed by atoms with van der Waals surface area (Å²) in [5.41, 5.74) is -1.84. The van der Waals surface area contributed by atoms with Gasteiger partial charge < -0.3 is 5.11 Å².